The predicted octanol–water partition coefficient (Wildman–Crippen LogP) is 4.61. The first-order valence-corrected chi connectivity index (χ1v) is 11.3. The molecule has 5 aliphatic rings. The molecule has 5 fully saturated rings. The van der Waals surface area contributed by atoms with Crippen LogP contribution < -0.4 is 10.2 Å². The van der Waals surface area contributed by atoms with E-state index >= 15 is 0 Å². The van der Waals surface area contributed by atoms with Gasteiger partial charge in [0.15, 0.2) is 0 Å². The minimum Gasteiger partial charge on any atom is -0.367 e. The van der Waals surface area contributed by atoms with E-state index < -0.39 is 0 Å². The number of nitrogens with one attached hydrogen (secondary N) is 1. The van der Waals surface area contributed by atoms with E-state index in [1.54, 1.807) is 0 Å². The third-order valence-corrected chi connectivity index (χ3v) is 8.20. The highest BCUT2D eigenvalue weighted by Crippen LogP contribution is 2.64. The van der Waals surface area contributed by atoms with Crippen molar-refractivity contribution in [3.05, 3.63) is 23.2 Å². The summed E-state index contributed by atoms with van der Waals surface area (Å²) in [4.78, 5) is 18.1. The number of rotatable bonds is 3. The predicted molar refractivity (Wildman–Crippen MR) is 115 cm³/mol. The van der Waals surface area contributed by atoms with Crippen LogP contribution in [-0.2, 0) is 4.79 Å². The van der Waals surface area contributed by atoms with E-state index in [-0.39, 0.29) is 16.2 Å². The summed E-state index contributed by atoms with van der Waals surface area (Å²) in [5.41, 5.74) is 1.63. The first-order chi connectivity index (χ1) is 13.3. The van der Waals surface area contributed by atoms with Crippen molar-refractivity contribution in [2.45, 2.75) is 43.4 Å². The number of likely N-dealkylation sites (N-methyl/N-ethyl adjacent to an activating group) is 1. The summed E-state index contributed by atoms with van der Waals surface area (Å²) < 4.78 is 0. The van der Waals surface area contributed by atoms with Crippen LogP contribution in [0.25, 0.3) is 0 Å². The van der Waals surface area contributed by atoms with E-state index in [2.05, 4.69) is 22.2 Å². The zero-order valence-corrected chi connectivity index (χ0v) is 18.0. The molecular weight excluding hydrogens is 393 g/mol. The monoisotopic (exact) mass is 421 g/mol. The van der Waals surface area contributed by atoms with Gasteiger partial charge in [-0.3, -0.25) is 4.79 Å². The Kier molecular flexibility index (Phi) is 4.61. The molecule has 0 radical (unpaired) electrons. The van der Waals surface area contributed by atoms with Gasteiger partial charge in [-0.15, -0.1) is 11.6 Å². The molecule has 152 valence electrons. The molecule has 4 aliphatic carbocycles. The van der Waals surface area contributed by atoms with E-state index in [4.69, 9.17) is 23.2 Å². The highest BCUT2D eigenvalue weighted by molar-refractivity contribution is 6.31. The highest BCUT2D eigenvalue weighted by atomic mass is 35.5. The first-order valence-electron chi connectivity index (χ1n) is 10.6. The van der Waals surface area contributed by atoms with E-state index in [0.29, 0.717) is 16.9 Å². The number of halogens is 2. The molecule has 1 saturated heterocycles. The van der Waals surface area contributed by atoms with Crippen LogP contribution in [0.5, 0.6) is 0 Å². The molecule has 6 heteroatoms. The molecule has 4 nitrogen and oxygen atoms in total. The van der Waals surface area contributed by atoms with Gasteiger partial charge in [0.25, 0.3) is 0 Å². The smallest absolute Gasteiger partial charge is 0.230 e. The number of alkyl halides is 1. The van der Waals surface area contributed by atoms with E-state index in [1.165, 1.54) is 6.42 Å². The van der Waals surface area contributed by atoms with Crippen LogP contribution in [0.15, 0.2) is 18.2 Å². The lowest BCUT2D eigenvalue weighted by atomic mass is 9.49. The number of benzene rings is 1. The van der Waals surface area contributed by atoms with Crippen LogP contribution in [0.3, 0.4) is 0 Å². The summed E-state index contributed by atoms with van der Waals surface area (Å²) in [7, 11) is 2.15. The number of carbonyl (C=O) groups excluding carboxylic acids is 1. The van der Waals surface area contributed by atoms with Crippen molar-refractivity contribution in [2.75, 3.05) is 43.4 Å². The van der Waals surface area contributed by atoms with Crippen molar-refractivity contribution in [1.29, 1.82) is 0 Å². The van der Waals surface area contributed by atoms with Crippen molar-refractivity contribution in [2.24, 2.45) is 17.3 Å². The fraction of sp³-hybridized carbons (Fsp3) is 0.682. The van der Waals surface area contributed by atoms with Gasteiger partial charge in [-0.05, 0) is 75.6 Å². The molecule has 1 heterocycles. The molecule has 1 aromatic rings. The molecule has 4 saturated carbocycles. The van der Waals surface area contributed by atoms with Crippen molar-refractivity contribution < 1.29 is 4.79 Å². The number of nitrogens with zero attached hydrogens (tertiary/aromatic N) is 2. The van der Waals surface area contributed by atoms with Gasteiger partial charge < -0.3 is 15.1 Å². The Morgan fingerprint density at radius 2 is 1.79 bits per heavy atom. The maximum Gasteiger partial charge on any atom is 0.230 e. The standard InChI is InChI=1S/C22H29Cl2N3O/c1-26-4-6-27(7-5-26)19-3-2-17(23)9-18(19)25-20(28)21-10-15-8-16(11-21)13-22(24,12-15)14-21/h2-3,9,15-16H,4-8,10-14H2,1H3,(H,25,28)/t15-,16+,21?,22?. The molecule has 6 rings (SSSR count). The zero-order chi connectivity index (χ0) is 19.5. The number of hydrogen-bond donors (Lipinski definition) is 1. The number of hydrogen-bond acceptors (Lipinski definition) is 3. The molecule has 28 heavy (non-hydrogen) atoms. The number of carbonyl (C=O) groups is 1. The van der Waals surface area contributed by atoms with Gasteiger partial charge in [-0.25, -0.2) is 0 Å². The third kappa shape index (κ3) is 3.32. The van der Waals surface area contributed by atoms with Crippen LogP contribution in [0.2, 0.25) is 5.02 Å². The lowest BCUT2D eigenvalue weighted by molar-refractivity contribution is -0.138. The van der Waals surface area contributed by atoms with Gasteiger partial charge in [0.1, 0.15) is 0 Å². The molecule has 4 atom stereocenters. The number of amides is 1. The molecule has 4 bridgehead atoms. The van der Waals surface area contributed by atoms with Gasteiger partial charge in [0.05, 0.1) is 16.8 Å². The maximum absolute atomic E-state index is 13.6. The maximum atomic E-state index is 13.6. The lowest BCUT2D eigenvalue weighted by Gasteiger charge is -2.59. The Hall–Kier alpha value is -0.970. The second kappa shape index (κ2) is 6.78. The van der Waals surface area contributed by atoms with Crippen molar-refractivity contribution >= 4 is 40.5 Å². The highest BCUT2D eigenvalue weighted by Gasteiger charge is 2.60. The van der Waals surface area contributed by atoms with Gasteiger partial charge in [0.2, 0.25) is 5.91 Å². The van der Waals surface area contributed by atoms with E-state index in [1.807, 2.05) is 18.2 Å². The summed E-state index contributed by atoms with van der Waals surface area (Å²) in [6.07, 6.45) is 6.24. The number of piperazine rings is 1. The van der Waals surface area contributed by atoms with Crippen LogP contribution in [0, 0.1) is 17.3 Å². The fourth-order valence-corrected chi connectivity index (χ4v) is 7.47. The first kappa shape index (κ1) is 19.0. The van der Waals surface area contributed by atoms with Crippen molar-refractivity contribution in [3.8, 4) is 0 Å². The van der Waals surface area contributed by atoms with Gasteiger partial charge in [-0.2, -0.15) is 0 Å². The molecule has 0 aromatic heterocycles. The van der Waals surface area contributed by atoms with Gasteiger partial charge in [0, 0.05) is 36.1 Å². The average molecular weight is 422 g/mol. The third-order valence-electron chi connectivity index (χ3n) is 7.52. The molecule has 0 spiro atoms. The van der Waals surface area contributed by atoms with Crippen LogP contribution in [0.1, 0.15) is 38.5 Å². The molecule has 1 amide bonds. The second-order valence-corrected chi connectivity index (χ2v) is 11.0. The average Bonchev–Trinajstić information content (AvgIpc) is 2.61. The summed E-state index contributed by atoms with van der Waals surface area (Å²) in [5, 5.41) is 3.96. The van der Waals surface area contributed by atoms with Crippen molar-refractivity contribution in [3.63, 3.8) is 0 Å². The summed E-state index contributed by atoms with van der Waals surface area (Å²) in [5.74, 6) is 1.38. The minimum atomic E-state index is -0.298. The SMILES string of the molecule is CN1CCN(c2ccc(Cl)cc2NC(=O)C23C[C@@H]4C[C@@H](CC(Cl)(C4)C2)C3)CC1. The summed E-state index contributed by atoms with van der Waals surface area (Å²) in [6, 6.07) is 5.87. The summed E-state index contributed by atoms with van der Waals surface area (Å²) >= 11 is 13.2. The van der Waals surface area contributed by atoms with Crippen molar-refractivity contribution in [1.82, 2.24) is 4.90 Å². The van der Waals surface area contributed by atoms with Crippen LogP contribution >= 0.6 is 23.2 Å². The van der Waals surface area contributed by atoms with Gasteiger partial charge >= 0.3 is 0 Å². The summed E-state index contributed by atoms with van der Waals surface area (Å²) in [6.45, 7) is 3.97. The van der Waals surface area contributed by atoms with E-state index in [0.717, 1.165) is 69.7 Å². The quantitative estimate of drug-likeness (QED) is 0.723. The van der Waals surface area contributed by atoms with E-state index in [9.17, 15) is 4.79 Å². The zero-order valence-electron chi connectivity index (χ0n) is 16.5. The van der Waals surface area contributed by atoms with Crippen LogP contribution in [-0.4, -0.2) is 48.9 Å². The second-order valence-electron chi connectivity index (χ2n) is 9.80. The lowest BCUT2D eigenvalue weighted by Crippen LogP contribution is -2.57. The minimum absolute atomic E-state index is 0.157. The molecular formula is C22H29Cl2N3O. The number of anilines is 2. The largest absolute Gasteiger partial charge is 0.367 e. The molecule has 2 unspecified atom stereocenters. The Balaban J connectivity index is 1.40. The Labute approximate surface area is 177 Å². The molecule has 1 aliphatic heterocycles. The Morgan fingerprint density at radius 1 is 1.11 bits per heavy atom. The fourth-order valence-electron chi connectivity index (χ4n) is 6.60. The topological polar surface area (TPSA) is 35.6 Å². The molecule has 1 N–H and O–H groups in total. The van der Waals surface area contributed by atoms with Crippen LogP contribution in [0.4, 0.5) is 11.4 Å². The normalized spacial score (nSPS) is 37.3. The Bertz CT molecular complexity index is 776. The Morgan fingerprint density at radius 3 is 2.43 bits per heavy atom. The van der Waals surface area contributed by atoms with Gasteiger partial charge in [-0.1, -0.05) is 11.6 Å². The molecule has 1 aromatic carbocycles.